The summed E-state index contributed by atoms with van der Waals surface area (Å²) in [4.78, 5) is 67.6. The third kappa shape index (κ3) is 4.45. The second-order valence-corrected chi connectivity index (χ2v) is 9.56. The number of carbonyl (C=O) groups excluding carboxylic acids is 3. The molecule has 5 rings (SSSR count). The Morgan fingerprint density at radius 1 is 1.05 bits per heavy atom. The molecule has 1 saturated heterocycles. The molecule has 192 valence electrons. The fourth-order valence-corrected chi connectivity index (χ4v) is 5.35. The van der Waals surface area contributed by atoms with Gasteiger partial charge in [0.1, 0.15) is 11.5 Å². The van der Waals surface area contributed by atoms with Gasteiger partial charge < -0.3 is 9.80 Å². The summed E-state index contributed by atoms with van der Waals surface area (Å²) in [6, 6.07) is 3.53. The van der Waals surface area contributed by atoms with Gasteiger partial charge in [0.25, 0.3) is 5.56 Å². The van der Waals surface area contributed by atoms with Gasteiger partial charge >= 0.3 is 0 Å². The zero-order valence-corrected chi connectivity index (χ0v) is 21.0. The molecule has 3 aromatic rings. The maximum absolute atomic E-state index is 13.4. The zero-order chi connectivity index (χ0) is 26.1. The summed E-state index contributed by atoms with van der Waals surface area (Å²) in [7, 11) is 0. The molecule has 1 aliphatic carbocycles. The number of Topliss-reactive ketones (excluding diaryl/α,β-unsaturated/α-hetero) is 1. The van der Waals surface area contributed by atoms with Gasteiger partial charge in [-0.3, -0.25) is 23.7 Å². The number of pyridine rings is 2. The van der Waals surface area contributed by atoms with E-state index in [9.17, 15) is 19.2 Å². The van der Waals surface area contributed by atoms with Crippen LogP contribution in [0.2, 0.25) is 0 Å². The fraction of sp³-hybridized carbons (Fsp3) is 0.423. The second-order valence-electron chi connectivity index (χ2n) is 9.56. The van der Waals surface area contributed by atoms with Crippen LogP contribution < -0.4 is 15.4 Å². The molecule has 0 bridgehead atoms. The molecule has 0 aromatic carbocycles. The summed E-state index contributed by atoms with van der Waals surface area (Å²) < 4.78 is 1.62. The lowest BCUT2D eigenvalue weighted by Gasteiger charge is -2.34. The van der Waals surface area contributed by atoms with Gasteiger partial charge in [-0.2, -0.15) is 4.98 Å². The molecule has 0 spiro atoms. The van der Waals surface area contributed by atoms with E-state index in [-0.39, 0.29) is 28.9 Å². The zero-order valence-electron chi connectivity index (χ0n) is 21.0. The second kappa shape index (κ2) is 10.1. The number of carbonyl (C=O) groups is 3. The van der Waals surface area contributed by atoms with Gasteiger partial charge in [-0.1, -0.05) is 12.8 Å². The topological polar surface area (TPSA) is 122 Å². The van der Waals surface area contributed by atoms with Crippen molar-refractivity contribution in [3.63, 3.8) is 0 Å². The van der Waals surface area contributed by atoms with Crippen LogP contribution in [0.1, 0.15) is 54.6 Å². The number of ketones is 1. The molecule has 0 atom stereocenters. The molecule has 2 aliphatic rings. The summed E-state index contributed by atoms with van der Waals surface area (Å²) in [5.41, 5.74) is 1.67. The van der Waals surface area contributed by atoms with Gasteiger partial charge in [-0.05, 0) is 44.4 Å². The molecule has 11 nitrogen and oxygen atoms in total. The first kappa shape index (κ1) is 24.5. The Labute approximate surface area is 213 Å². The van der Waals surface area contributed by atoms with Crippen LogP contribution in [0.5, 0.6) is 0 Å². The Bertz CT molecular complexity index is 1410. The number of hydrogen-bond acceptors (Lipinski definition) is 8. The van der Waals surface area contributed by atoms with Crippen molar-refractivity contribution in [2.45, 2.75) is 45.6 Å². The van der Waals surface area contributed by atoms with Crippen LogP contribution in [0.3, 0.4) is 0 Å². The van der Waals surface area contributed by atoms with Crippen molar-refractivity contribution in [2.75, 3.05) is 36.0 Å². The minimum atomic E-state index is -0.344. The van der Waals surface area contributed by atoms with Gasteiger partial charge in [-0.25, -0.2) is 14.9 Å². The highest BCUT2D eigenvalue weighted by Gasteiger charge is 2.27. The SMILES string of the molecule is CC(=O)c1c(C)c2cnc(N(C=O)c3ccc(N4CCN(C=O)CC4)cn3)nc2n(C2CCCC2)c1=O. The first-order valence-corrected chi connectivity index (χ1v) is 12.5. The third-order valence-electron chi connectivity index (χ3n) is 7.37. The third-order valence-corrected chi connectivity index (χ3v) is 7.37. The minimum Gasteiger partial charge on any atom is -0.367 e. The van der Waals surface area contributed by atoms with E-state index in [4.69, 9.17) is 0 Å². The Kier molecular flexibility index (Phi) is 6.68. The molecule has 1 aliphatic heterocycles. The molecule has 11 heteroatoms. The van der Waals surface area contributed by atoms with Crippen LogP contribution in [0, 0.1) is 6.92 Å². The molecular weight excluding hydrogens is 474 g/mol. The molecular formula is C26H29N7O4. The number of aryl methyl sites for hydroxylation is 1. The standard InChI is InChI=1S/C26H29N7O4/c1-17-21-14-28-26(29-24(21)33(19-5-3-4-6-19)25(37)23(17)18(2)36)32(16-35)22-8-7-20(13-27-22)31-11-9-30(15-34)10-12-31/h7-8,13-16,19H,3-6,9-12H2,1-2H3. The lowest BCUT2D eigenvalue weighted by molar-refractivity contribution is -0.118. The molecule has 3 aromatic heterocycles. The van der Waals surface area contributed by atoms with Crippen molar-refractivity contribution >= 4 is 47.1 Å². The number of piperazine rings is 1. The maximum atomic E-state index is 13.4. The van der Waals surface area contributed by atoms with Crippen LogP contribution >= 0.6 is 0 Å². The molecule has 0 unspecified atom stereocenters. The number of fused-ring (bicyclic) bond motifs is 1. The Hall–Kier alpha value is -4.15. The van der Waals surface area contributed by atoms with Crippen molar-refractivity contribution in [3.05, 3.63) is 46.0 Å². The molecule has 2 fully saturated rings. The van der Waals surface area contributed by atoms with Crippen LogP contribution in [0.25, 0.3) is 11.0 Å². The van der Waals surface area contributed by atoms with Gasteiger partial charge in [0.2, 0.25) is 18.8 Å². The van der Waals surface area contributed by atoms with Gasteiger partial charge in [0.15, 0.2) is 5.78 Å². The number of hydrogen-bond donors (Lipinski definition) is 0. The van der Waals surface area contributed by atoms with Crippen molar-refractivity contribution in [1.29, 1.82) is 0 Å². The highest BCUT2D eigenvalue weighted by molar-refractivity contribution is 5.99. The summed E-state index contributed by atoms with van der Waals surface area (Å²) in [6.45, 7) is 5.81. The normalized spacial score (nSPS) is 16.3. The number of nitrogens with zero attached hydrogens (tertiary/aromatic N) is 7. The summed E-state index contributed by atoms with van der Waals surface area (Å²) >= 11 is 0. The van der Waals surface area contributed by atoms with E-state index >= 15 is 0 Å². The number of aromatic nitrogens is 4. The van der Waals surface area contributed by atoms with Crippen molar-refractivity contribution < 1.29 is 14.4 Å². The average molecular weight is 504 g/mol. The first-order valence-electron chi connectivity index (χ1n) is 12.5. The highest BCUT2D eigenvalue weighted by atomic mass is 16.2. The van der Waals surface area contributed by atoms with E-state index in [1.807, 2.05) is 6.07 Å². The van der Waals surface area contributed by atoms with Crippen LogP contribution in [0.4, 0.5) is 17.5 Å². The monoisotopic (exact) mass is 503 g/mol. The molecule has 37 heavy (non-hydrogen) atoms. The number of amides is 2. The predicted molar refractivity (Wildman–Crippen MR) is 138 cm³/mol. The van der Waals surface area contributed by atoms with Gasteiger partial charge in [0, 0.05) is 43.8 Å². The summed E-state index contributed by atoms with van der Waals surface area (Å²) in [5.74, 6) is 0.159. The molecule has 4 heterocycles. The minimum absolute atomic E-state index is 0.0572. The van der Waals surface area contributed by atoms with E-state index in [1.165, 1.54) is 11.8 Å². The van der Waals surface area contributed by atoms with Crippen LogP contribution in [-0.2, 0) is 9.59 Å². The Morgan fingerprint density at radius 2 is 1.78 bits per heavy atom. The summed E-state index contributed by atoms with van der Waals surface area (Å²) in [6.07, 6.45) is 8.37. The van der Waals surface area contributed by atoms with Crippen molar-refractivity contribution in [1.82, 2.24) is 24.4 Å². The predicted octanol–water partition coefficient (Wildman–Crippen LogP) is 2.39. The Morgan fingerprint density at radius 3 is 2.38 bits per heavy atom. The number of anilines is 3. The highest BCUT2D eigenvalue weighted by Crippen LogP contribution is 2.32. The van der Waals surface area contributed by atoms with E-state index < -0.39 is 0 Å². The van der Waals surface area contributed by atoms with E-state index in [2.05, 4.69) is 19.9 Å². The van der Waals surface area contributed by atoms with Gasteiger partial charge in [0.05, 0.1) is 17.4 Å². The van der Waals surface area contributed by atoms with Crippen LogP contribution in [-0.4, -0.2) is 69.2 Å². The lowest BCUT2D eigenvalue weighted by atomic mass is 10.0. The maximum Gasteiger partial charge on any atom is 0.263 e. The molecule has 2 amide bonds. The molecule has 0 radical (unpaired) electrons. The lowest BCUT2D eigenvalue weighted by Crippen LogP contribution is -2.45. The molecule has 1 saturated carbocycles. The van der Waals surface area contributed by atoms with Crippen molar-refractivity contribution in [3.8, 4) is 0 Å². The van der Waals surface area contributed by atoms with Crippen LogP contribution in [0.15, 0.2) is 29.3 Å². The van der Waals surface area contributed by atoms with Crippen molar-refractivity contribution in [2.24, 2.45) is 0 Å². The van der Waals surface area contributed by atoms with E-state index in [1.54, 1.807) is 34.9 Å². The largest absolute Gasteiger partial charge is 0.367 e. The van der Waals surface area contributed by atoms with E-state index in [0.29, 0.717) is 55.0 Å². The summed E-state index contributed by atoms with van der Waals surface area (Å²) in [5, 5.41) is 0.615. The van der Waals surface area contributed by atoms with E-state index in [0.717, 1.165) is 37.8 Å². The first-order chi connectivity index (χ1) is 17.9. The quantitative estimate of drug-likeness (QED) is 0.356. The van der Waals surface area contributed by atoms with Gasteiger partial charge in [-0.15, -0.1) is 0 Å². The molecule has 0 N–H and O–H groups in total. The average Bonchev–Trinajstić information content (AvgIpc) is 3.44. The smallest absolute Gasteiger partial charge is 0.263 e. The Balaban J connectivity index is 1.53. The number of rotatable bonds is 7. The fourth-order valence-electron chi connectivity index (χ4n) is 5.35.